The van der Waals surface area contributed by atoms with Crippen LogP contribution >= 0.6 is 0 Å². The van der Waals surface area contributed by atoms with E-state index in [0.29, 0.717) is 29.1 Å². The summed E-state index contributed by atoms with van der Waals surface area (Å²) in [4.78, 5) is 25.1. The Kier molecular flexibility index (Phi) is 7.57. The lowest BCUT2D eigenvalue weighted by molar-refractivity contribution is -0.137. The predicted octanol–water partition coefficient (Wildman–Crippen LogP) is 8.25. The van der Waals surface area contributed by atoms with Crippen LogP contribution in [0.2, 0.25) is 0 Å². The van der Waals surface area contributed by atoms with E-state index in [9.17, 15) is 32.3 Å². The number of carbonyl (C=O) groups excluding carboxylic acids is 1. The number of nitrogens with one attached hydrogen (secondary N) is 1. The molecule has 1 aromatic heterocycles. The van der Waals surface area contributed by atoms with Crippen molar-refractivity contribution in [2.24, 2.45) is 0 Å². The predicted molar refractivity (Wildman–Crippen MR) is 162 cm³/mol. The van der Waals surface area contributed by atoms with Crippen molar-refractivity contribution in [2.45, 2.75) is 25.7 Å². The Morgan fingerprint density at radius 1 is 0.867 bits per heavy atom. The fourth-order valence-electron chi connectivity index (χ4n) is 5.39. The van der Waals surface area contributed by atoms with Crippen LogP contribution in [-0.4, -0.2) is 26.8 Å². The summed E-state index contributed by atoms with van der Waals surface area (Å²) < 4.78 is 56.6. The van der Waals surface area contributed by atoms with Crippen LogP contribution in [0.3, 0.4) is 0 Å². The molecule has 5 aromatic carbocycles. The third-order valence-corrected chi connectivity index (χ3v) is 7.69. The molecule has 0 aliphatic heterocycles. The minimum atomic E-state index is -4.77. The minimum Gasteiger partial charge on any atom is -0.478 e. The number of carboxylic acid groups (broad SMARTS) is 1. The molecule has 0 saturated carbocycles. The number of amides is 1. The summed E-state index contributed by atoms with van der Waals surface area (Å²) >= 11 is 0. The lowest BCUT2D eigenvalue weighted by Crippen LogP contribution is -2.27. The molecule has 0 unspecified atom stereocenters. The summed E-state index contributed by atoms with van der Waals surface area (Å²) in [7, 11) is 0. The maximum atomic E-state index is 14.4. The van der Waals surface area contributed by atoms with E-state index in [1.807, 2.05) is 42.5 Å². The van der Waals surface area contributed by atoms with Crippen molar-refractivity contribution in [3.8, 4) is 11.1 Å². The highest BCUT2D eigenvalue weighted by Gasteiger charge is 2.31. The number of halogens is 4. The lowest BCUT2D eigenvalue weighted by atomic mass is 9.97. The van der Waals surface area contributed by atoms with Gasteiger partial charge in [0.1, 0.15) is 5.82 Å². The van der Waals surface area contributed by atoms with E-state index in [2.05, 4.69) is 10.4 Å². The Labute approximate surface area is 254 Å². The van der Waals surface area contributed by atoms with E-state index < -0.39 is 35.5 Å². The zero-order chi connectivity index (χ0) is 31.9. The Morgan fingerprint density at radius 3 is 2.29 bits per heavy atom. The van der Waals surface area contributed by atoms with E-state index in [4.69, 9.17) is 0 Å². The first-order chi connectivity index (χ1) is 21.5. The van der Waals surface area contributed by atoms with Gasteiger partial charge in [-0.2, -0.15) is 18.3 Å². The molecule has 0 fully saturated rings. The number of rotatable bonds is 7. The Balaban J connectivity index is 1.43. The van der Waals surface area contributed by atoms with E-state index in [1.54, 1.807) is 29.8 Å². The third kappa shape index (κ3) is 6.12. The normalized spacial score (nSPS) is 12.4. The second kappa shape index (κ2) is 11.5. The number of hydrogen-bond donors (Lipinski definition) is 2. The summed E-state index contributed by atoms with van der Waals surface area (Å²) in [5.74, 6) is -2.68. The number of carbonyl (C=O) groups is 2. The number of nitrogens with zero attached hydrogens (tertiary/aromatic N) is 2. The van der Waals surface area contributed by atoms with Crippen LogP contribution in [0.1, 0.15) is 50.4 Å². The van der Waals surface area contributed by atoms with Crippen molar-refractivity contribution < 1.29 is 32.3 Å². The zero-order valence-corrected chi connectivity index (χ0v) is 23.8. The van der Waals surface area contributed by atoms with Gasteiger partial charge >= 0.3 is 12.1 Å². The van der Waals surface area contributed by atoms with Gasteiger partial charge in [0, 0.05) is 5.39 Å². The first kappa shape index (κ1) is 29.6. The van der Waals surface area contributed by atoms with Gasteiger partial charge in [-0.05, 0) is 88.5 Å². The van der Waals surface area contributed by atoms with Crippen LogP contribution in [0.5, 0.6) is 0 Å². The van der Waals surface area contributed by atoms with Crippen LogP contribution in [-0.2, 0) is 12.7 Å². The standard InChI is InChI=1S/C35H25F4N3O3/c1-20(22-8-10-24(11-9-22)34(44)45)41-33(43)31-16-26(27-14-29(35(37,38)39)17-30(36)15-27)13-28-18-40-42(32(28)31)19-21-6-7-23-4-2-3-5-25(23)12-21/h2-18,20H,19H2,1H3,(H,41,43)(H,44,45)/t20-/m0/s1. The number of benzene rings is 5. The second-order valence-corrected chi connectivity index (χ2v) is 10.8. The van der Waals surface area contributed by atoms with Gasteiger partial charge in [0.2, 0.25) is 0 Å². The largest absolute Gasteiger partial charge is 0.478 e. The fourth-order valence-corrected chi connectivity index (χ4v) is 5.39. The highest BCUT2D eigenvalue weighted by molar-refractivity contribution is 6.07. The minimum absolute atomic E-state index is 0.0436. The molecular formula is C35H25F4N3O3. The summed E-state index contributed by atoms with van der Waals surface area (Å²) in [5, 5.41) is 19.2. The van der Waals surface area contributed by atoms with Crippen LogP contribution in [0.4, 0.5) is 17.6 Å². The molecule has 6 nitrogen and oxygen atoms in total. The molecule has 1 heterocycles. The van der Waals surface area contributed by atoms with Crippen molar-refractivity contribution in [3.63, 3.8) is 0 Å². The Hall–Kier alpha value is -5.51. The number of fused-ring (bicyclic) bond motifs is 2. The molecule has 45 heavy (non-hydrogen) atoms. The number of hydrogen-bond acceptors (Lipinski definition) is 3. The summed E-state index contributed by atoms with van der Waals surface area (Å²) in [6.07, 6.45) is -3.24. The zero-order valence-electron chi connectivity index (χ0n) is 23.8. The molecule has 0 radical (unpaired) electrons. The Morgan fingerprint density at radius 2 is 1.58 bits per heavy atom. The first-order valence-electron chi connectivity index (χ1n) is 14.0. The van der Waals surface area contributed by atoms with Crippen LogP contribution in [0, 0.1) is 5.82 Å². The van der Waals surface area contributed by atoms with Gasteiger partial charge in [-0.1, -0.05) is 48.5 Å². The molecule has 0 aliphatic carbocycles. The van der Waals surface area contributed by atoms with Gasteiger partial charge < -0.3 is 10.4 Å². The average Bonchev–Trinajstić information content (AvgIpc) is 3.42. The molecule has 6 aromatic rings. The van der Waals surface area contributed by atoms with Gasteiger partial charge in [-0.3, -0.25) is 9.48 Å². The fraction of sp³-hybridized carbons (Fsp3) is 0.114. The second-order valence-electron chi connectivity index (χ2n) is 10.8. The van der Waals surface area contributed by atoms with E-state index in [1.165, 1.54) is 24.4 Å². The highest BCUT2D eigenvalue weighted by atomic mass is 19.4. The van der Waals surface area contributed by atoms with Crippen LogP contribution in [0.25, 0.3) is 32.8 Å². The lowest BCUT2D eigenvalue weighted by Gasteiger charge is -2.17. The van der Waals surface area contributed by atoms with Crippen molar-refractivity contribution in [1.82, 2.24) is 15.1 Å². The maximum absolute atomic E-state index is 14.4. The SMILES string of the molecule is C[C@H](NC(=O)c1cc(-c2cc(F)cc(C(F)(F)F)c2)cc2cnn(Cc3ccc4ccccc4c3)c12)c1ccc(C(=O)O)cc1. The van der Waals surface area contributed by atoms with Gasteiger partial charge in [-0.25, -0.2) is 9.18 Å². The quantitative estimate of drug-likeness (QED) is 0.178. The molecule has 0 bridgehead atoms. The summed E-state index contributed by atoms with van der Waals surface area (Å²) in [6, 6.07) is 24.6. The van der Waals surface area contributed by atoms with Gasteiger partial charge in [0.15, 0.2) is 0 Å². The van der Waals surface area contributed by atoms with Gasteiger partial charge in [0.25, 0.3) is 5.91 Å². The van der Waals surface area contributed by atoms with Crippen LogP contribution in [0.15, 0.2) is 103 Å². The van der Waals surface area contributed by atoms with E-state index in [0.717, 1.165) is 28.5 Å². The molecule has 226 valence electrons. The summed E-state index contributed by atoms with van der Waals surface area (Å²) in [6.45, 7) is 2.03. The number of aromatic carboxylic acids is 1. The van der Waals surface area contributed by atoms with Gasteiger partial charge in [-0.15, -0.1) is 0 Å². The molecular weight excluding hydrogens is 586 g/mol. The molecule has 0 aliphatic rings. The molecule has 10 heteroatoms. The highest BCUT2D eigenvalue weighted by Crippen LogP contribution is 2.35. The molecule has 1 amide bonds. The van der Waals surface area contributed by atoms with Crippen molar-refractivity contribution in [1.29, 1.82) is 0 Å². The molecule has 6 rings (SSSR count). The number of alkyl halides is 3. The molecule has 2 N–H and O–H groups in total. The topological polar surface area (TPSA) is 84.2 Å². The number of aromatic nitrogens is 2. The van der Waals surface area contributed by atoms with E-state index >= 15 is 0 Å². The smallest absolute Gasteiger partial charge is 0.416 e. The number of carboxylic acids is 1. The average molecular weight is 612 g/mol. The third-order valence-electron chi connectivity index (χ3n) is 7.69. The van der Waals surface area contributed by atoms with E-state index in [-0.39, 0.29) is 22.3 Å². The monoisotopic (exact) mass is 611 g/mol. The van der Waals surface area contributed by atoms with Crippen molar-refractivity contribution in [2.75, 3.05) is 0 Å². The van der Waals surface area contributed by atoms with Crippen LogP contribution < -0.4 is 5.32 Å². The summed E-state index contributed by atoms with van der Waals surface area (Å²) in [5.41, 5.74) is 1.26. The Bertz CT molecular complexity index is 2090. The van der Waals surface area contributed by atoms with Crippen molar-refractivity contribution in [3.05, 3.63) is 137 Å². The van der Waals surface area contributed by atoms with Gasteiger partial charge in [0.05, 0.1) is 41.0 Å². The molecule has 1 atom stereocenters. The van der Waals surface area contributed by atoms with Crippen molar-refractivity contribution >= 4 is 33.6 Å². The molecule has 0 saturated heterocycles. The maximum Gasteiger partial charge on any atom is 0.416 e. The molecule has 0 spiro atoms. The first-order valence-corrected chi connectivity index (χ1v) is 14.0.